The number of aromatic nitrogens is 1. The summed E-state index contributed by atoms with van der Waals surface area (Å²) in [5.41, 5.74) is 9.94. The lowest BCUT2D eigenvalue weighted by Crippen LogP contribution is -2.34. The summed E-state index contributed by atoms with van der Waals surface area (Å²) in [6.07, 6.45) is 2.09. The zero-order chi connectivity index (χ0) is 14.1. The van der Waals surface area contributed by atoms with Crippen molar-refractivity contribution < 1.29 is 5.11 Å². The fraction of sp³-hybridized carbons (Fsp3) is 0.438. The minimum Gasteiger partial charge on any atom is -0.399 e. The molecule has 1 aliphatic rings. The van der Waals surface area contributed by atoms with Crippen LogP contribution in [-0.4, -0.2) is 29.8 Å². The summed E-state index contributed by atoms with van der Waals surface area (Å²) in [5, 5.41) is 10.4. The van der Waals surface area contributed by atoms with Crippen LogP contribution < -0.4 is 10.6 Å². The van der Waals surface area contributed by atoms with Crippen LogP contribution in [0.3, 0.4) is 0 Å². The molecule has 1 saturated heterocycles. The van der Waals surface area contributed by atoms with Gasteiger partial charge in [-0.1, -0.05) is 0 Å². The highest BCUT2D eigenvalue weighted by atomic mass is 16.3. The fourth-order valence-electron chi connectivity index (χ4n) is 2.97. The molecule has 4 nitrogen and oxygen atoms in total. The molecule has 20 heavy (non-hydrogen) atoms. The Morgan fingerprint density at radius 3 is 2.75 bits per heavy atom. The van der Waals surface area contributed by atoms with E-state index in [2.05, 4.69) is 16.0 Å². The van der Waals surface area contributed by atoms with Crippen molar-refractivity contribution in [2.24, 2.45) is 5.92 Å². The van der Waals surface area contributed by atoms with Crippen LogP contribution in [-0.2, 0) is 0 Å². The smallest absolute Gasteiger partial charge is 0.0727 e. The van der Waals surface area contributed by atoms with Gasteiger partial charge in [-0.2, -0.15) is 0 Å². The van der Waals surface area contributed by atoms with Gasteiger partial charge >= 0.3 is 0 Å². The summed E-state index contributed by atoms with van der Waals surface area (Å²) in [7, 11) is 0. The van der Waals surface area contributed by atoms with Crippen LogP contribution in [0, 0.1) is 12.8 Å². The van der Waals surface area contributed by atoms with Crippen LogP contribution in [0.25, 0.3) is 10.9 Å². The number of aliphatic hydroxyl groups is 1. The molecule has 2 aromatic rings. The molecule has 2 heterocycles. The van der Waals surface area contributed by atoms with E-state index in [-0.39, 0.29) is 0 Å². The Kier molecular flexibility index (Phi) is 3.49. The molecule has 1 aromatic carbocycles. The topological polar surface area (TPSA) is 62.4 Å². The lowest BCUT2D eigenvalue weighted by Gasteiger charge is -2.33. The van der Waals surface area contributed by atoms with Crippen LogP contribution in [0.5, 0.6) is 0 Å². The molecule has 4 heteroatoms. The van der Waals surface area contributed by atoms with E-state index in [1.807, 2.05) is 25.1 Å². The third-order valence-corrected chi connectivity index (χ3v) is 4.15. The minimum atomic E-state index is 0.302. The lowest BCUT2D eigenvalue weighted by molar-refractivity contribution is 0.203. The summed E-state index contributed by atoms with van der Waals surface area (Å²) < 4.78 is 0. The Morgan fingerprint density at radius 1 is 1.30 bits per heavy atom. The van der Waals surface area contributed by atoms with E-state index < -0.39 is 0 Å². The Bertz CT molecular complexity index is 618. The number of piperidine rings is 1. The van der Waals surface area contributed by atoms with E-state index in [0.29, 0.717) is 12.5 Å². The second-order valence-corrected chi connectivity index (χ2v) is 5.67. The predicted octanol–water partition coefficient (Wildman–Crippen LogP) is 2.33. The average molecular weight is 271 g/mol. The first-order valence-electron chi connectivity index (χ1n) is 7.20. The van der Waals surface area contributed by atoms with E-state index in [1.54, 1.807) is 0 Å². The normalized spacial score (nSPS) is 16.8. The van der Waals surface area contributed by atoms with E-state index in [0.717, 1.165) is 48.2 Å². The Labute approximate surface area is 119 Å². The predicted molar refractivity (Wildman–Crippen MR) is 82.9 cm³/mol. The van der Waals surface area contributed by atoms with Gasteiger partial charge in [-0.15, -0.1) is 0 Å². The van der Waals surface area contributed by atoms with Gasteiger partial charge in [0.05, 0.1) is 5.52 Å². The number of rotatable bonds is 2. The highest BCUT2D eigenvalue weighted by Gasteiger charge is 2.20. The largest absolute Gasteiger partial charge is 0.399 e. The number of nitrogen functional groups attached to an aromatic ring is 1. The number of anilines is 2. The molecule has 0 unspecified atom stereocenters. The van der Waals surface area contributed by atoms with Gasteiger partial charge in [0, 0.05) is 42.2 Å². The van der Waals surface area contributed by atoms with Gasteiger partial charge in [0.15, 0.2) is 0 Å². The van der Waals surface area contributed by atoms with E-state index in [9.17, 15) is 5.11 Å². The number of pyridine rings is 1. The highest BCUT2D eigenvalue weighted by molar-refractivity contribution is 5.94. The second-order valence-electron chi connectivity index (χ2n) is 5.67. The molecule has 1 fully saturated rings. The highest BCUT2D eigenvalue weighted by Crippen LogP contribution is 2.31. The lowest BCUT2D eigenvalue weighted by atomic mass is 9.97. The van der Waals surface area contributed by atoms with Gasteiger partial charge in [-0.05, 0) is 49.9 Å². The first kappa shape index (κ1) is 13.2. The van der Waals surface area contributed by atoms with Crippen LogP contribution in [0.1, 0.15) is 18.5 Å². The van der Waals surface area contributed by atoms with Crippen molar-refractivity contribution in [3.05, 3.63) is 30.0 Å². The molecule has 0 aliphatic carbocycles. The molecule has 0 radical (unpaired) electrons. The summed E-state index contributed by atoms with van der Waals surface area (Å²) >= 11 is 0. The van der Waals surface area contributed by atoms with Gasteiger partial charge in [0.1, 0.15) is 0 Å². The number of nitrogens with two attached hydrogens (primary N) is 1. The van der Waals surface area contributed by atoms with Crippen molar-refractivity contribution in [2.45, 2.75) is 19.8 Å². The molecular weight excluding hydrogens is 250 g/mol. The third kappa shape index (κ3) is 2.43. The first-order valence-corrected chi connectivity index (χ1v) is 7.20. The Morgan fingerprint density at radius 2 is 2.05 bits per heavy atom. The number of benzene rings is 1. The number of hydrogen-bond acceptors (Lipinski definition) is 4. The molecule has 3 rings (SSSR count). The zero-order valence-electron chi connectivity index (χ0n) is 11.8. The molecule has 0 bridgehead atoms. The van der Waals surface area contributed by atoms with Gasteiger partial charge < -0.3 is 15.7 Å². The van der Waals surface area contributed by atoms with Crippen LogP contribution in [0.4, 0.5) is 11.4 Å². The molecular formula is C16H21N3O. The van der Waals surface area contributed by atoms with Gasteiger partial charge in [-0.3, -0.25) is 4.98 Å². The quantitative estimate of drug-likeness (QED) is 0.823. The molecule has 0 spiro atoms. The first-order chi connectivity index (χ1) is 9.67. The number of aryl methyl sites for hydroxylation is 1. The van der Waals surface area contributed by atoms with Crippen molar-refractivity contribution in [3.8, 4) is 0 Å². The number of nitrogens with zero attached hydrogens (tertiary/aromatic N) is 2. The number of hydrogen-bond donors (Lipinski definition) is 2. The maximum atomic E-state index is 9.26. The zero-order valence-corrected chi connectivity index (χ0v) is 11.8. The third-order valence-electron chi connectivity index (χ3n) is 4.15. The van der Waals surface area contributed by atoms with Crippen molar-refractivity contribution in [1.82, 2.24) is 4.98 Å². The van der Waals surface area contributed by atoms with E-state index in [4.69, 9.17) is 5.73 Å². The fourth-order valence-corrected chi connectivity index (χ4v) is 2.97. The van der Waals surface area contributed by atoms with Crippen LogP contribution >= 0.6 is 0 Å². The van der Waals surface area contributed by atoms with E-state index in [1.165, 1.54) is 5.69 Å². The summed E-state index contributed by atoms with van der Waals surface area (Å²) in [6, 6.07) is 8.04. The van der Waals surface area contributed by atoms with Crippen molar-refractivity contribution in [3.63, 3.8) is 0 Å². The maximum absolute atomic E-state index is 9.26. The monoisotopic (exact) mass is 271 g/mol. The molecule has 1 aliphatic heterocycles. The van der Waals surface area contributed by atoms with Gasteiger partial charge in [0.25, 0.3) is 0 Å². The summed E-state index contributed by atoms with van der Waals surface area (Å²) in [6.45, 7) is 4.30. The average Bonchev–Trinajstić information content (AvgIpc) is 2.47. The molecule has 3 N–H and O–H groups in total. The van der Waals surface area contributed by atoms with E-state index >= 15 is 0 Å². The van der Waals surface area contributed by atoms with Crippen molar-refractivity contribution >= 4 is 22.3 Å². The van der Waals surface area contributed by atoms with Gasteiger partial charge in [0.2, 0.25) is 0 Å². The van der Waals surface area contributed by atoms with Crippen molar-refractivity contribution in [1.29, 1.82) is 0 Å². The number of aliphatic hydroxyl groups excluding tert-OH is 1. The summed E-state index contributed by atoms with van der Waals surface area (Å²) in [5.74, 6) is 0.450. The van der Waals surface area contributed by atoms with Gasteiger partial charge in [-0.25, -0.2) is 0 Å². The maximum Gasteiger partial charge on any atom is 0.0727 e. The molecule has 106 valence electrons. The standard InChI is InChI=1S/C16H21N3O/c1-11-8-16(19-6-4-12(10-20)5-7-19)14-9-13(17)2-3-15(14)18-11/h2-3,8-9,12,20H,4-7,10,17H2,1H3. The van der Waals surface area contributed by atoms with Crippen LogP contribution in [0.2, 0.25) is 0 Å². The molecule has 0 amide bonds. The number of fused-ring (bicyclic) bond motifs is 1. The SMILES string of the molecule is Cc1cc(N2CCC(CO)CC2)c2cc(N)ccc2n1. The Hall–Kier alpha value is -1.81. The van der Waals surface area contributed by atoms with Crippen molar-refractivity contribution in [2.75, 3.05) is 30.3 Å². The second kappa shape index (κ2) is 5.29. The molecule has 0 saturated carbocycles. The molecule has 0 atom stereocenters. The summed E-state index contributed by atoms with van der Waals surface area (Å²) in [4.78, 5) is 6.97. The minimum absolute atomic E-state index is 0.302. The van der Waals surface area contributed by atoms with Crippen LogP contribution in [0.15, 0.2) is 24.3 Å². The Balaban J connectivity index is 2.00. The molecule has 1 aromatic heterocycles.